The van der Waals surface area contributed by atoms with Gasteiger partial charge in [0.15, 0.2) is 5.65 Å². The van der Waals surface area contributed by atoms with Gasteiger partial charge in [0, 0.05) is 29.2 Å². The molecule has 0 N–H and O–H groups in total. The Hall–Kier alpha value is -4.97. The molecule has 6 nitrogen and oxygen atoms in total. The minimum absolute atomic E-state index is 0.522. The van der Waals surface area contributed by atoms with Gasteiger partial charge in [0.1, 0.15) is 11.6 Å². The van der Waals surface area contributed by atoms with Gasteiger partial charge in [-0.25, -0.2) is 9.97 Å². The largest absolute Gasteiger partial charge is 0.440 e. The Morgan fingerprint density at radius 2 is 1.69 bits per heavy atom. The molecule has 0 unspecified atom stereocenters. The fourth-order valence-corrected chi connectivity index (χ4v) is 4.83. The second-order valence-electron chi connectivity index (χ2n) is 8.66. The molecule has 0 saturated heterocycles. The van der Waals surface area contributed by atoms with Crippen molar-refractivity contribution in [2.75, 3.05) is 0 Å². The van der Waals surface area contributed by atoms with Crippen LogP contribution in [-0.4, -0.2) is 18.9 Å². The SMILES string of the molecule is C[n+]1[c-]c(-c2cccc(Oc3cc4c(cn3)c3ccccc3n4-c3ccccn3)c2)n2ccccc21. The highest BCUT2D eigenvalue weighted by molar-refractivity contribution is 6.08. The van der Waals surface area contributed by atoms with Crippen LogP contribution >= 0.6 is 0 Å². The normalized spacial score (nSPS) is 11.5. The lowest BCUT2D eigenvalue weighted by Crippen LogP contribution is -2.25. The van der Waals surface area contributed by atoms with E-state index in [2.05, 4.69) is 49.4 Å². The number of benzene rings is 2. The third-order valence-corrected chi connectivity index (χ3v) is 6.44. The second-order valence-corrected chi connectivity index (χ2v) is 8.66. The van der Waals surface area contributed by atoms with Gasteiger partial charge >= 0.3 is 0 Å². The molecular weight excluding hydrogens is 446 g/mol. The van der Waals surface area contributed by atoms with Crippen LogP contribution in [-0.2, 0) is 7.05 Å². The molecule has 0 spiro atoms. The van der Waals surface area contributed by atoms with Crippen molar-refractivity contribution in [2.24, 2.45) is 7.05 Å². The summed E-state index contributed by atoms with van der Waals surface area (Å²) in [6.45, 7) is 0. The number of rotatable bonds is 4. The number of hydrogen-bond acceptors (Lipinski definition) is 3. The fourth-order valence-electron chi connectivity index (χ4n) is 4.83. The summed E-state index contributed by atoms with van der Waals surface area (Å²) in [6.07, 6.45) is 9.15. The van der Waals surface area contributed by atoms with E-state index in [4.69, 9.17) is 4.74 Å². The first-order valence-corrected chi connectivity index (χ1v) is 11.7. The van der Waals surface area contributed by atoms with Crippen LogP contribution in [0.15, 0.2) is 110 Å². The first-order chi connectivity index (χ1) is 17.8. The summed E-state index contributed by atoms with van der Waals surface area (Å²) < 4.78 is 12.5. The van der Waals surface area contributed by atoms with Gasteiger partial charge < -0.3 is 9.30 Å². The van der Waals surface area contributed by atoms with E-state index in [1.54, 1.807) is 0 Å². The lowest BCUT2D eigenvalue weighted by molar-refractivity contribution is -0.648. The predicted molar refractivity (Wildman–Crippen MR) is 139 cm³/mol. The monoisotopic (exact) mass is 467 g/mol. The van der Waals surface area contributed by atoms with E-state index in [-0.39, 0.29) is 0 Å². The van der Waals surface area contributed by atoms with E-state index in [9.17, 15) is 0 Å². The summed E-state index contributed by atoms with van der Waals surface area (Å²) in [7, 11) is 2.00. The van der Waals surface area contributed by atoms with Crippen LogP contribution in [0.25, 0.3) is 44.5 Å². The number of hydrogen-bond donors (Lipinski definition) is 0. The summed E-state index contributed by atoms with van der Waals surface area (Å²) in [4.78, 5) is 9.24. The Morgan fingerprint density at radius 1 is 0.806 bits per heavy atom. The van der Waals surface area contributed by atoms with Gasteiger partial charge in [-0.3, -0.25) is 8.97 Å². The Balaban J connectivity index is 1.33. The summed E-state index contributed by atoms with van der Waals surface area (Å²) in [5.41, 5.74) is 5.12. The molecule has 0 aliphatic rings. The molecule has 5 aromatic heterocycles. The third-order valence-electron chi connectivity index (χ3n) is 6.44. The number of para-hydroxylation sites is 1. The maximum absolute atomic E-state index is 6.28. The minimum atomic E-state index is 0.522. The van der Waals surface area contributed by atoms with Crippen LogP contribution in [0.4, 0.5) is 0 Å². The number of fused-ring (bicyclic) bond motifs is 4. The van der Waals surface area contributed by atoms with Gasteiger partial charge in [0.2, 0.25) is 5.88 Å². The summed E-state index contributed by atoms with van der Waals surface area (Å²) >= 11 is 0. The smallest absolute Gasteiger partial charge is 0.221 e. The highest BCUT2D eigenvalue weighted by Crippen LogP contribution is 2.34. The van der Waals surface area contributed by atoms with Gasteiger partial charge in [-0.05, 0) is 36.4 Å². The highest BCUT2D eigenvalue weighted by atomic mass is 16.5. The lowest BCUT2D eigenvalue weighted by Gasteiger charge is -2.10. The molecule has 0 radical (unpaired) electrons. The van der Waals surface area contributed by atoms with Gasteiger partial charge in [-0.2, -0.15) is 0 Å². The second kappa shape index (κ2) is 8.06. The van der Waals surface area contributed by atoms with Crippen molar-refractivity contribution < 1.29 is 9.30 Å². The van der Waals surface area contributed by atoms with Crippen molar-refractivity contribution in [3.8, 4) is 28.7 Å². The molecule has 36 heavy (non-hydrogen) atoms. The number of imidazole rings is 1. The summed E-state index contributed by atoms with van der Waals surface area (Å²) in [5.74, 6) is 2.09. The molecule has 0 saturated carbocycles. The Bertz CT molecular complexity index is 1880. The van der Waals surface area contributed by atoms with Crippen LogP contribution in [0.2, 0.25) is 0 Å². The summed E-state index contributed by atoms with van der Waals surface area (Å²) in [5, 5.41) is 2.18. The van der Waals surface area contributed by atoms with Gasteiger partial charge in [-0.1, -0.05) is 48.0 Å². The molecular formula is C30H21N5O. The van der Waals surface area contributed by atoms with Crippen molar-refractivity contribution in [2.45, 2.75) is 0 Å². The van der Waals surface area contributed by atoms with Crippen LogP contribution in [0.5, 0.6) is 11.6 Å². The number of nitrogens with zero attached hydrogens (tertiary/aromatic N) is 5. The molecule has 0 aliphatic carbocycles. The number of pyridine rings is 3. The minimum Gasteiger partial charge on any atom is -0.440 e. The number of aryl methyl sites for hydroxylation is 1. The van der Waals surface area contributed by atoms with E-state index in [0.717, 1.165) is 44.5 Å². The Labute approximate surface area is 207 Å². The van der Waals surface area contributed by atoms with Crippen molar-refractivity contribution >= 4 is 27.5 Å². The van der Waals surface area contributed by atoms with Crippen LogP contribution in [0.1, 0.15) is 0 Å². The highest BCUT2D eigenvalue weighted by Gasteiger charge is 2.15. The third kappa shape index (κ3) is 3.23. The Kier molecular flexibility index (Phi) is 4.57. The zero-order valence-electron chi connectivity index (χ0n) is 19.5. The topological polar surface area (TPSA) is 48.2 Å². The zero-order chi connectivity index (χ0) is 24.1. The zero-order valence-corrected chi connectivity index (χ0v) is 19.5. The van der Waals surface area contributed by atoms with E-state index in [0.29, 0.717) is 11.6 Å². The first-order valence-electron chi connectivity index (χ1n) is 11.7. The molecule has 0 amide bonds. The van der Waals surface area contributed by atoms with Crippen LogP contribution in [0.3, 0.4) is 0 Å². The Morgan fingerprint density at radius 3 is 2.61 bits per heavy atom. The molecule has 6 heteroatoms. The molecule has 2 aromatic carbocycles. The van der Waals surface area contributed by atoms with Gasteiger partial charge in [-0.15, -0.1) is 6.07 Å². The average Bonchev–Trinajstić information content (AvgIpc) is 3.44. The lowest BCUT2D eigenvalue weighted by atomic mass is 10.1. The van der Waals surface area contributed by atoms with Crippen molar-refractivity contribution in [3.63, 3.8) is 0 Å². The van der Waals surface area contributed by atoms with E-state index >= 15 is 0 Å². The quantitative estimate of drug-likeness (QED) is 0.239. The summed E-state index contributed by atoms with van der Waals surface area (Å²) in [6, 6.07) is 30.3. The van der Waals surface area contributed by atoms with E-state index in [1.807, 2.05) is 96.9 Å². The number of aromatic nitrogens is 5. The van der Waals surface area contributed by atoms with Gasteiger partial charge in [0.05, 0.1) is 36.2 Å². The molecule has 0 aliphatic heterocycles. The molecule has 7 rings (SSSR count). The van der Waals surface area contributed by atoms with Crippen molar-refractivity contribution in [1.82, 2.24) is 18.9 Å². The predicted octanol–water partition coefficient (Wildman–Crippen LogP) is 5.91. The van der Waals surface area contributed by atoms with Gasteiger partial charge in [0.25, 0.3) is 0 Å². The first kappa shape index (κ1) is 20.4. The van der Waals surface area contributed by atoms with Crippen molar-refractivity contribution in [1.29, 1.82) is 0 Å². The van der Waals surface area contributed by atoms with Crippen LogP contribution < -0.4 is 9.30 Å². The average molecular weight is 468 g/mol. The number of ether oxygens (including phenoxy) is 1. The molecule has 0 atom stereocenters. The van der Waals surface area contributed by atoms with E-state index in [1.165, 1.54) is 0 Å². The maximum atomic E-state index is 6.28. The molecule has 0 bridgehead atoms. The standard InChI is InChI=1S/C30H21N5O/c1-33-20-27(34-16-7-5-14-30(33)34)21-9-8-10-22(17-21)36-29-18-26-24(19-32-29)23-11-2-3-12-25(23)35(26)28-13-4-6-15-31-28/h2-19H,1H3. The fraction of sp³-hybridized carbons (Fsp3) is 0.0333. The molecule has 7 aromatic rings. The van der Waals surface area contributed by atoms with Crippen molar-refractivity contribution in [3.05, 3.63) is 116 Å². The molecule has 0 fully saturated rings. The molecule has 172 valence electrons. The molecule has 5 heterocycles. The maximum Gasteiger partial charge on any atom is 0.221 e. The van der Waals surface area contributed by atoms with E-state index < -0.39 is 0 Å². The van der Waals surface area contributed by atoms with Crippen LogP contribution in [0, 0.1) is 6.20 Å².